The molecule has 1 aromatic carbocycles. The highest BCUT2D eigenvalue weighted by Crippen LogP contribution is 2.27. The summed E-state index contributed by atoms with van der Waals surface area (Å²) < 4.78 is 6.82. The summed E-state index contributed by atoms with van der Waals surface area (Å²) in [5, 5.41) is 5.15. The van der Waals surface area contributed by atoms with Crippen LogP contribution in [0.2, 0.25) is 0 Å². The Kier molecular flexibility index (Phi) is 2.87. The highest BCUT2D eigenvalue weighted by atomic mass is 35.5. The van der Waals surface area contributed by atoms with Crippen LogP contribution in [0, 0.1) is 0 Å². The summed E-state index contributed by atoms with van der Waals surface area (Å²) in [5.74, 6) is 2.05. The fraction of sp³-hybridized carbons (Fsp3) is 0.250. The lowest BCUT2D eigenvalue weighted by Gasteiger charge is -2.06. The molecule has 0 aliphatic heterocycles. The van der Waals surface area contributed by atoms with Crippen LogP contribution in [0.4, 0.5) is 5.95 Å². The lowest BCUT2D eigenvalue weighted by molar-refractivity contribution is 0.419. The number of hydrogen-bond donors (Lipinski definition) is 1. The van der Waals surface area contributed by atoms with E-state index >= 15 is 0 Å². The van der Waals surface area contributed by atoms with Gasteiger partial charge in [0.05, 0.1) is 7.11 Å². The first-order chi connectivity index (χ1) is 9.24. The van der Waals surface area contributed by atoms with Crippen LogP contribution >= 0.6 is 11.6 Å². The molecule has 0 saturated carbocycles. The van der Waals surface area contributed by atoms with Gasteiger partial charge in [-0.25, -0.2) is 9.97 Å². The third-order valence-electron chi connectivity index (χ3n) is 2.87. The van der Waals surface area contributed by atoms with E-state index in [1.54, 1.807) is 7.11 Å². The van der Waals surface area contributed by atoms with Gasteiger partial charge in [0.25, 0.3) is 0 Å². The van der Waals surface area contributed by atoms with Gasteiger partial charge in [0.2, 0.25) is 5.95 Å². The fourth-order valence-corrected chi connectivity index (χ4v) is 2.19. The summed E-state index contributed by atoms with van der Waals surface area (Å²) >= 11 is 5.71. The lowest BCUT2D eigenvalue weighted by Crippen LogP contribution is -2.03. The molecular weight excluding hydrogens is 266 g/mol. The summed E-state index contributed by atoms with van der Waals surface area (Å²) in [6.07, 6.45) is 0.591. The standard InChI is InChI=1S/C12H12ClN5O/c1-19-8-4-2-3-7-10(8)16-12(14)18-11(7)15-9(17-18)5-6-13/h2-4H,5-6H2,1H3,(H2,14,16). The first-order valence-electron chi connectivity index (χ1n) is 5.78. The maximum Gasteiger partial charge on any atom is 0.223 e. The second-order valence-corrected chi connectivity index (χ2v) is 4.41. The van der Waals surface area contributed by atoms with Crippen LogP contribution in [-0.4, -0.2) is 32.6 Å². The number of ether oxygens (including phenoxy) is 1. The van der Waals surface area contributed by atoms with Crippen molar-refractivity contribution in [2.75, 3.05) is 18.7 Å². The number of benzene rings is 1. The van der Waals surface area contributed by atoms with Gasteiger partial charge in [-0.2, -0.15) is 4.52 Å². The monoisotopic (exact) mass is 277 g/mol. The Morgan fingerprint density at radius 2 is 2.21 bits per heavy atom. The van der Waals surface area contributed by atoms with Gasteiger partial charge in [-0.1, -0.05) is 6.07 Å². The number of hydrogen-bond acceptors (Lipinski definition) is 5. The minimum atomic E-state index is 0.278. The van der Waals surface area contributed by atoms with Gasteiger partial charge in [0, 0.05) is 17.7 Å². The lowest BCUT2D eigenvalue weighted by atomic mass is 10.2. The number of para-hydroxylation sites is 1. The van der Waals surface area contributed by atoms with Crippen LogP contribution in [0.1, 0.15) is 5.82 Å². The Balaban J connectivity index is 2.38. The first-order valence-corrected chi connectivity index (χ1v) is 6.32. The third kappa shape index (κ3) is 1.84. The molecule has 0 unspecified atom stereocenters. The van der Waals surface area contributed by atoms with Crippen molar-refractivity contribution in [1.29, 1.82) is 0 Å². The summed E-state index contributed by atoms with van der Waals surface area (Å²) in [6.45, 7) is 0. The van der Waals surface area contributed by atoms with Gasteiger partial charge in [-0.05, 0) is 12.1 Å². The smallest absolute Gasteiger partial charge is 0.223 e. The SMILES string of the molecule is COc1cccc2c1nc(N)n1nc(CCCl)nc21. The molecule has 19 heavy (non-hydrogen) atoms. The summed E-state index contributed by atoms with van der Waals surface area (Å²) in [5.41, 5.74) is 7.26. The number of aryl methyl sites for hydroxylation is 1. The molecule has 0 atom stereocenters. The molecule has 6 nitrogen and oxygen atoms in total. The van der Waals surface area contributed by atoms with E-state index in [2.05, 4.69) is 15.1 Å². The van der Waals surface area contributed by atoms with Crippen molar-refractivity contribution in [2.24, 2.45) is 0 Å². The summed E-state index contributed by atoms with van der Waals surface area (Å²) in [7, 11) is 1.60. The molecule has 0 spiro atoms. The minimum absolute atomic E-state index is 0.278. The van der Waals surface area contributed by atoms with Gasteiger partial charge in [0.15, 0.2) is 11.5 Å². The van der Waals surface area contributed by atoms with E-state index in [4.69, 9.17) is 22.1 Å². The molecule has 2 heterocycles. The molecule has 7 heteroatoms. The number of alkyl halides is 1. The quantitative estimate of drug-likeness (QED) is 0.737. The minimum Gasteiger partial charge on any atom is -0.494 e. The number of methoxy groups -OCH3 is 1. The van der Waals surface area contributed by atoms with E-state index in [0.29, 0.717) is 35.0 Å². The van der Waals surface area contributed by atoms with Crippen LogP contribution in [0.5, 0.6) is 5.75 Å². The van der Waals surface area contributed by atoms with E-state index in [1.165, 1.54) is 4.52 Å². The molecule has 2 N–H and O–H groups in total. The average molecular weight is 278 g/mol. The number of anilines is 1. The summed E-state index contributed by atoms with van der Waals surface area (Å²) in [4.78, 5) is 8.79. The number of halogens is 1. The van der Waals surface area contributed by atoms with Crippen molar-refractivity contribution >= 4 is 34.1 Å². The Labute approximate surface area is 114 Å². The zero-order valence-electron chi connectivity index (χ0n) is 10.3. The van der Waals surface area contributed by atoms with Crippen molar-refractivity contribution in [2.45, 2.75) is 6.42 Å². The predicted octanol–water partition coefficient (Wildman–Crippen LogP) is 1.65. The van der Waals surface area contributed by atoms with E-state index in [0.717, 1.165) is 5.39 Å². The van der Waals surface area contributed by atoms with Crippen LogP contribution in [0.25, 0.3) is 16.6 Å². The van der Waals surface area contributed by atoms with E-state index < -0.39 is 0 Å². The van der Waals surface area contributed by atoms with Crippen LogP contribution in [0.15, 0.2) is 18.2 Å². The number of aromatic nitrogens is 4. The molecule has 3 aromatic rings. The number of nitrogens with zero attached hydrogens (tertiary/aromatic N) is 4. The van der Waals surface area contributed by atoms with Gasteiger partial charge in [-0.15, -0.1) is 16.7 Å². The van der Waals surface area contributed by atoms with Crippen LogP contribution in [0.3, 0.4) is 0 Å². The molecule has 3 rings (SSSR count). The Morgan fingerprint density at radius 3 is 2.95 bits per heavy atom. The second kappa shape index (κ2) is 4.55. The zero-order valence-corrected chi connectivity index (χ0v) is 11.1. The largest absolute Gasteiger partial charge is 0.494 e. The normalized spacial score (nSPS) is 11.3. The molecule has 0 radical (unpaired) electrons. The highest BCUT2D eigenvalue weighted by molar-refractivity contribution is 6.17. The molecule has 0 aliphatic rings. The topological polar surface area (TPSA) is 78.3 Å². The van der Waals surface area contributed by atoms with E-state index in [1.807, 2.05) is 18.2 Å². The maximum atomic E-state index is 5.92. The second-order valence-electron chi connectivity index (χ2n) is 4.03. The Morgan fingerprint density at radius 1 is 1.37 bits per heavy atom. The summed E-state index contributed by atoms with van der Waals surface area (Å²) in [6, 6.07) is 5.63. The van der Waals surface area contributed by atoms with Crippen molar-refractivity contribution in [3.05, 3.63) is 24.0 Å². The Bertz CT molecular complexity index is 755. The van der Waals surface area contributed by atoms with Crippen molar-refractivity contribution in [1.82, 2.24) is 19.6 Å². The molecule has 0 aliphatic carbocycles. The highest BCUT2D eigenvalue weighted by Gasteiger charge is 2.13. The van der Waals surface area contributed by atoms with Crippen LogP contribution < -0.4 is 10.5 Å². The number of nitrogen functional groups attached to an aromatic ring is 1. The van der Waals surface area contributed by atoms with E-state index in [9.17, 15) is 0 Å². The van der Waals surface area contributed by atoms with Crippen molar-refractivity contribution < 1.29 is 4.74 Å². The van der Waals surface area contributed by atoms with Gasteiger partial charge >= 0.3 is 0 Å². The molecule has 0 bridgehead atoms. The molecule has 0 amide bonds. The van der Waals surface area contributed by atoms with Crippen molar-refractivity contribution in [3.63, 3.8) is 0 Å². The fourth-order valence-electron chi connectivity index (χ4n) is 2.02. The van der Waals surface area contributed by atoms with Gasteiger partial charge < -0.3 is 10.5 Å². The van der Waals surface area contributed by atoms with Crippen LogP contribution in [-0.2, 0) is 6.42 Å². The van der Waals surface area contributed by atoms with Gasteiger partial charge in [-0.3, -0.25) is 0 Å². The molecule has 98 valence electrons. The molecule has 0 saturated heterocycles. The number of rotatable bonds is 3. The van der Waals surface area contributed by atoms with Gasteiger partial charge in [0.1, 0.15) is 11.3 Å². The molecular formula is C12H12ClN5O. The Hall–Kier alpha value is -2.08. The maximum absolute atomic E-state index is 5.92. The zero-order chi connectivity index (χ0) is 13.4. The predicted molar refractivity (Wildman–Crippen MR) is 73.7 cm³/mol. The van der Waals surface area contributed by atoms with Crippen molar-refractivity contribution in [3.8, 4) is 5.75 Å². The third-order valence-corrected chi connectivity index (χ3v) is 3.06. The van der Waals surface area contributed by atoms with E-state index in [-0.39, 0.29) is 5.95 Å². The molecule has 2 aromatic heterocycles. The number of fused-ring (bicyclic) bond motifs is 3. The first kappa shape index (κ1) is 12.0. The molecule has 0 fully saturated rings. The average Bonchev–Trinajstić information content (AvgIpc) is 2.83. The number of nitrogens with two attached hydrogens (primary N) is 1.